The lowest BCUT2D eigenvalue weighted by Gasteiger charge is -2.34. The maximum atomic E-state index is 12.1. The van der Waals surface area contributed by atoms with Crippen LogP contribution in [0.15, 0.2) is 4.99 Å². The summed E-state index contributed by atoms with van der Waals surface area (Å²) in [6, 6.07) is 0. The van der Waals surface area contributed by atoms with Crippen molar-refractivity contribution in [2.45, 2.75) is 45.3 Å². The van der Waals surface area contributed by atoms with Crippen LogP contribution in [0.3, 0.4) is 0 Å². The van der Waals surface area contributed by atoms with Crippen molar-refractivity contribution in [3.8, 4) is 0 Å². The summed E-state index contributed by atoms with van der Waals surface area (Å²) < 4.78 is 17.0. The molecule has 1 rings (SSSR count). The molecular weight excluding hydrogens is 314 g/mol. The normalized spacial score (nSPS) is 21.0. The Morgan fingerprint density at radius 2 is 2.13 bits per heavy atom. The third-order valence-electron chi connectivity index (χ3n) is 3.81. The molecule has 0 bridgehead atoms. The number of piperidine rings is 1. The van der Waals surface area contributed by atoms with E-state index < -0.39 is 10.8 Å². The summed E-state index contributed by atoms with van der Waals surface area (Å²) in [5.41, 5.74) is 0. The third kappa shape index (κ3) is 6.49. The van der Waals surface area contributed by atoms with Gasteiger partial charge in [-0.1, -0.05) is 0 Å². The lowest BCUT2D eigenvalue weighted by atomic mass is 9.98. The molecule has 1 aliphatic heterocycles. The van der Waals surface area contributed by atoms with Gasteiger partial charge in [0.1, 0.15) is 0 Å². The van der Waals surface area contributed by atoms with Gasteiger partial charge in [0.15, 0.2) is 5.96 Å². The van der Waals surface area contributed by atoms with Crippen molar-refractivity contribution in [1.29, 1.82) is 0 Å². The topological polar surface area (TPSA) is 71.0 Å². The zero-order valence-electron chi connectivity index (χ0n) is 15.1. The van der Waals surface area contributed by atoms with Gasteiger partial charge in [0.2, 0.25) is 0 Å². The average molecular weight is 346 g/mol. The monoisotopic (exact) mass is 345 g/mol. The number of hydrogen-bond donors (Lipinski definition) is 1. The van der Waals surface area contributed by atoms with E-state index in [1.807, 2.05) is 27.7 Å². The summed E-state index contributed by atoms with van der Waals surface area (Å²) in [7, 11) is 0.845. The summed E-state index contributed by atoms with van der Waals surface area (Å²) in [5.74, 6) is 1.13. The highest BCUT2D eigenvalue weighted by atomic mass is 32.2. The number of rotatable bonds is 5. The molecule has 0 spiro atoms. The fraction of sp³-hybridized carbons (Fsp3) is 0.875. The molecule has 0 radical (unpaired) electrons. The van der Waals surface area contributed by atoms with E-state index in [1.54, 1.807) is 7.05 Å². The van der Waals surface area contributed by atoms with E-state index in [9.17, 15) is 9.00 Å². The SMILES string of the molecule is CCOC(=O)C1CCCN(C(=NC)NCCS(=O)C(C)(C)C)C1. The van der Waals surface area contributed by atoms with Crippen LogP contribution < -0.4 is 5.32 Å². The van der Waals surface area contributed by atoms with Crippen LogP contribution in [-0.4, -0.2) is 64.8 Å². The molecule has 0 aromatic carbocycles. The summed E-state index contributed by atoms with van der Waals surface area (Å²) in [6.07, 6.45) is 1.80. The molecule has 1 N–H and O–H groups in total. The molecule has 1 heterocycles. The van der Waals surface area contributed by atoms with Gasteiger partial charge in [0.25, 0.3) is 0 Å². The first-order chi connectivity index (χ1) is 10.8. The highest BCUT2D eigenvalue weighted by Crippen LogP contribution is 2.18. The Labute approximate surface area is 142 Å². The first-order valence-electron chi connectivity index (χ1n) is 8.30. The van der Waals surface area contributed by atoms with E-state index >= 15 is 0 Å². The zero-order chi connectivity index (χ0) is 17.5. The quantitative estimate of drug-likeness (QED) is 0.463. The largest absolute Gasteiger partial charge is 0.466 e. The van der Waals surface area contributed by atoms with Gasteiger partial charge < -0.3 is 15.0 Å². The molecule has 23 heavy (non-hydrogen) atoms. The van der Waals surface area contributed by atoms with Crippen LogP contribution in [0.5, 0.6) is 0 Å². The van der Waals surface area contributed by atoms with Crippen molar-refractivity contribution in [3.63, 3.8) is 0 Å². The van der Waals surface area contributed by atoms with Crippen molar-refractivity contribution in [3.05, 3.63) is 0 Å². The molecular formula is C16H31N3O3S. The lowest BCUT2D eigenvalue weighted by molar-refractivity contribution is -0.149. The number of nitrogens with one attached hydrogen (secondary N) is 1. The molecule has 134 valence electrons. The number of hydrogen-bond acceptors (Lipinski definition) is 4. The van der Waals surface area contributed by atoms with E-state index in [-0.39, 0.29) is 16.6 Å². The van der Waals surface area contributed by atoms with Crippen LogP contribution in [0.1, 0.15) is 40.5 Å². The number of esters is 1. The standard InChI is InChI=1S/C16H31N3O3S/c1-6-22-14(20)13-8-7-10-19(12-13)15(17-5)18-9-11-23(21)16(2,3)4/h13H,6-12H2,1-5H3,(H,17,18). The van der Waals surface area contributed by atoms with Crippen molar-refractivity contribution in [2.24, 2.45) is 10.9 Å². The van der Waals surface area contributed by atoms with Gasteiger partial charge in [0, 0.05) is 48.0 Å². The summed E-state index contributed by atoms with van der Waals surface area (Å²) in [4.78, 5) is 18.3. The molecule has 1 saturated heterocycles. The predicted octanol–water partition coefficient (Wildman–Crippen LogP) is 1.38. The number of carbonyl (C=O) groups excluding carboxylic acids is 1. The maximum absolute atomic E-state index is 12.1. The van der Waals surface area contributed by atoms with Crippen molar-refractivity contribution in [1.82, 2.24) is 10.2 Å². The van der Waals surface area contributed by atoms with Gasteiger partial charge in [-0.25, -0.2) is 0 Å². The van der Waals surface area contributed by atoms with Gasteiger partial charge in [-0.15, -0.1) is 0 Å². The summed E-state index contributed by atoms with van der Waals surface area (Å²) in [5, 5.41) is 3.26. The molecule has 2 unspecified atom stereocenters. The number of ether oxygens (including phenoxy) is 1. The Bertz CT molecular complexity index is 446. The molecule has 0 amide bonds. The Morgan fingerprint density at radius 1 is 1.43 bits per heavy atom. The van der Waals surface area contributed by atoms with E-state index in [0.717, 1.165) is 25.3 Å². The van der Waals surface area contributed by atoms with Gasteiger partial charge >= 0.3 is 5.97 Å². The number of aliphatic imine (C=N–C) groups is 1. The molecule has 0 saturated carbocycles. The third-order valence-corrected chi connectivity index (χ3v) is 5.75. The van der Waals surface area contributed by atoms with Crippen molar-refractivity contribution < 1.29 is 13.7 Å². The van der Waals surface area contributed by atoms with Gasteiger partial charge in [-0.3, -0.25) is 14.0 Å². The number of guanidine groups is 1. The van der Waals surface area contributed by atoms with E-state index in [4.69, 9.17) is 4.74 Å². The van der Waals surface area contributed by atoms with Crippen LogP contribution in [0.2, 0.25) is 0 Å². The fourth-order valence-electron chi connectivity index (χ4n) is 2.52. The first-order valence-corrected chi connectivity index (χ1v) is 9.62. The van der Waals surface area contributed by atoms with Crippen LogP contribution >= 0.6 is 0 Å². The Hall–Kier alpha value is -1.11. The lowest BCUT2D eigenvalue weighted by Crippen LogP contribution is -2.49. The molecule has 0 aromatic rings. The van der Waals surface area contributed by atoms with Crippen molar-refractivity contribution >= 4 is 22.7 Å². The second-order valence-electron chi connectivity index (χ2n) is 6.67. The molecule has 1 aliphatic rings. The fourth-order valence-corrected chi connectivity index (χ4v) is 3.42. The molecule has 0 aliphatic carbocycles. The molecule has 0 aromatic heterocycles. The zero-order valence-corrected chi connectivity index (χ0v) is 15.9. The Kier molecular flexibility index (Phi) is 8.02. The average Bonchev–Trinajstić information content (AvgIpc) is 2.50. The van der Waals surface area contributed by atoms with Crippen LogP contribution in [0.25, 0.3) is 0 Å². The number of likely N-dealkylation sites (tertiary alicyclic amines) is 1. The highest BCUT2D eigenvalue weighted by Gasteiger charge is 2.28. The minimum atomic E-state index is -0.888. The highest BCUT2D eigenvalue weighted by molar-refractivity contribution is 7.86. The van der Waals surface area contributed by atoms with Crippen molar-refractivity contribution in [2.75, 3.05) is 39.0 Å². The van der Waals surface area contributed by atoms with Gasteiger partial charge in [0.05, 0.1) is 12.5 Å². The second kappa shape index (κ2) is 9.25. The summed E-state index contributed by atoms with van der Waals surface area (Å²) in [6.45, 7) is 10.3. The maximum Gasteiger partial charge on any atom is 0.310 e. The Balaban J connectivity index is 2.51. The van der Waals surface area contributed by atoms with Crippen LogP contribution in [0.4, 0.5) is 0 Å². The molecule has 2 atom stereocenters. The van der Waals surface area contributed by atoms with E-state index in [2.05, 4.69) is 15.2 Å². The smallest absolute Gasteiger partial charge is 0.310 e. The Morgan fingerprint density at radius 3 is 2.70 bits per heavy atom. The molecule has 6 nitrogen and oxygen atoms in total. The number of carbonyl (C=O) groups is 1. The van der Waals surface area contributed by atoms with Crippen LogP contribution in [0, 0.1) is 5.92 Å². The molecule has 7 heteroatoms. The molecule has 1 fully saturated rings. The summed E-state index contributed by atoms with van der Waals surface area (Å²) >= 11 is 0. The van der Waals surface area contributed by atoms with Gasteiger partial charge in [-0.2, -0.15) is 0 Å². The van der Waals surface area contributed by atoms with Gasteiger partial charge in [-0.05, 0) is 40.5 Å². The predicted molar refractivity (Wildman–Crippen MR) is 95.1 cm³/mol. The minimum absolute atomic E-state index is 0.0917. The second-order valence-corrected chi connectivity index (χ2v) is 9.00. The number of nitrogens with zero attached hydrogens (tertiary/aromatic N) is 2. The first kappa shape index (κ1) is 19.9. The van der Waals surface area contributed by atoms with E-state index in [1.165, 1.54) is 0 Å². The van der Waals surface area contributed by atoms with E-state index in [0.29, 0.717) is 25.4 Å². The van der Waals surface area contributed by atoms with Crippen LogP contribution in [-0.2, 0) is 20.3 Å². The minimum Gasteiger partial charge on any atom is -0.466 e.